The molecule has 1 saturated carbocycles. The van der Waals surface area contributed by atoms with Gasteiger partial charge in [0.05, 0.1) is 0 Å². The number of Topliss-reactive ketones (excluding diaryl/α,β-unsaturated/α-hetero) is 1. The maximum Gasteiger partial charge on any atom is 0.168 e. The fourth-order valence-electron chi connectivity index (χ4n) is 3.19. The van der Waals surface area contributed by atoms with E-state index in [1.807, 2.05) is 30.3 Å². The molecule has 0 radical (unpaired) electrons. The summed E-state index contributed by atoms with van der Waals surface area (Å²) < 4.78 is 0. The molecule has 0 heterocycles. The van der Waals surface area contributed by atoms with Crippen LogP contribution in [0.2, 0.25) is 0 Å². The maximum absolute atomic E-state index is 12.7. The molecule has 0 spiro atoms. The van der Waals surface area contributed by atoms with Gasteiger partial charge in [0.1, 0.15) is 0 Å². The highest BCUT2D eigenvalue weighted by molar-refractivity contribution is 6.00. The van der Waals surface area contributed by atoms with Gasteiger partial charge in [-0.2, -0.15) is 0 Å². The Labute approximate surface area is 104 Å². The van der Waals surface area contributed by atoms with Crippen molar-refractivity contribution in [3.05, 3.63) is 35.9 Å². The zero-order valence-corrected chi connectivity index (χ0v) is 10.7. The van der Waals surface area contributed by atoms with Crippen molar-refractivity contribution in [1.82, 2.24) is 0 Å². The molecule has 1 heteroatoms. The summed E-state index contributed by atoms with van der Waals surface area (Å²) in [5, 5.41) is 0. The average Bonchev–Trinajstić information content (AvgIpc) is 2.40. The minimum atomic E-state index is -0.0473. The van der Waals surface area contributed by atoms with Crippen molar-refractivity contribution >= 4 is 5.78 Å². The molecule has 0 aromatic heterocycles. The van der Waals surface area contributed by atoms with Crippen molar-refractivity contribution in [2.45, 2.75) is 51.9 Å². The van der Waals surface area contributed by atoms with Crippen LogP contribution in [0.5, 0.6) is 0 Å². The van der Waals surface area contributed by atoms with Crippen LogP contribution in [-0.2, 0) is 0 Å². The number of rotatable bonds is 4. The second-order valence-corrected chi connectivity index (χ2v) is 5.29. The van der Waals surface area contributed by atoms with Gasteiger partial charge in [-0.3, -0.25) is 4.79 Å². The van der Waals surface area contributed by atoms with Crippen molar-refractivity contribution in [3.63, 3.8) is 0 Å². The third-order valence-corrected chi connectivity index (χ3v) is 4.06. The summed E-state index contributed by atoms with van der Waals surface area (Å²) in [5.41, 5.74) is 0.858. The van der Waals surface area contributed by atoms with Crippen LogP contribution < -0.4 is 0 Å². The van der Waals surface area contributed by atoms with Crippen LogP contribution >= 0.6 is 0 Å². The van der Waals surface area contributed by atoms with Crippen molar-refractivity contribution in [2.75, 3.05) is 0 Å². The van der Waals surface area contributed by atoms with E-state index in [4.69, 9.17) is 0 Å². The molecule has 0 unspecified atom stereocenters. The first-order valence-corrected chi connectivity index (χ1v) is 6.88. The Morgan fingerprint density at radius 3 is 2.35 bits per heavy atom. The third-order valence-electron chi connectivity index (χ3n) is 4.06. The van der Waals surface area contributed by atoms with E-state index >= 15 is 0 Å². The van der Waals surface area contributed by atoms with Crippen molar-refractivity contribution < 1.29 is 4.79 Å². The molecule has 1 aromatic rings. The van der Waals surface area contributed by atoms with Gasteiger partial charge in [-0.15, -0.1) is 0 Å². The van der Waals surface area contributed by atoms with Gasteiger partial charge >= 0.3 is 0 Å². The summed E-state index contributed by atoms with van der Waals surface area (Å²) in [5.74, 6) is 0.389. The average molecular weight is 230 g/mol. The molecule has 0 N–H and O–H groups in total. The van der Waals surface area contributed by atoms with Crippen LogP contribution in [0.25, 0.3) is 0 Å². The molecule has 17 heavy (non-hydrogen) atoms. The van der Waals surface area contributed by atoms with Gasteiger partial charge in [0.25, 0.3) is 0 Å². The summed E-state index contributed by atoms with van der Waals surface area (Å²) in [6.07, 6.45) is 8.09. The van der Waals surface area contributed by atoms with E-state index < -0.39 is 0 Å². The Morgan fingerprint density at radius 1 is 1.12 bits per heavy atom. The first-order chi connectivity index (χ1) is 8.28. The van der Waals surface area contributed by atoms with Gasteiger partial charge in [-0.05, 0) is 19.3 Å². The SMILES string of the molecule is CCCC1(C(=O)c2ccccc2)CCCCC1. The Bertz CT molecular complexity index is 355. The molecule has 0 saturated heterocycles. The molecule has 1 aliphatic carbocycles. The van der Waals surface area contributed by atoms with Crippen LogP contribution in [0.3, 0.4) is 0 Å². The van der Waals surface area contributed by atoms with E-state index in [1.165, 1.54) is 19.3 Å². The van der Waals surface area contributed by atoms with Crippen molar-refractivity contribution in [1.29, 1.82) is 0 Å². The largest absolute Gasteiger partial charge is 0.294 e. The predicted molar refractivity (Wildman–Crippen MR) is 71.2 cm³/mol. The van der Waals surface area contributed by atoms with Crippen LogP contribution in [0, 0.1) is 5.41 Å². The van der Waals surface area contributed by atoms with E-state index in [9.17, 15) is 4.79 Å². The molecule has 1 fully saturated rings. The molecular weight excluding hydrogens is 208 g/mol. The van der Waals surface area contributed by atoms with E-state index in [-0.39, 0.29) is 5.41 Å². The topological polar surface area (TPSA) is 17.1 Å². The third kappa shape index (κ3) is 2.59. The van der Waals surface area contributed by atoms with Crippen molar-refractivity contribution in [3.8, 4) is 0 Å². The lowest BCUT2D eigenvalue weighted by Crippen LogP contribution is -2.33. The first-order valence-electron chi connectivity index (χ1n) is 6.88. The molecule has 0 bridgehead atoms. The number of benzene rings is 1. The fraction of sp³-hybridized carbons (Fsp3) is 0.562. The molecule has 0 atom stereocenters. The number of hydrogen-bond acceptors (Lipinski definition) is 1. The summed E-state index contributed by atoms with van der Waals surface area (Å²) in [6.45, 7) is 2.19. The molecular formula is C16H22O. The van der Waals surface area contributed by atoms with Crippen LogP contribution in [0.15, 0.2) is 30.3 Å². The Morgan fingerprint density at radius 2 is 1.76 bits per heavy atom. The van der Waals surface area contributed by atoms with Gasteiger partial charge in [0, 0.05) is 11.0 Å². The van der Waals surface area contributed by atoms with E-state index in [1.54, 1.807) is 0 Å². The minimum Gasteiger partial charge on any atom is -0.294 e. The lowest BCUT2D eigenvalue weighted by atomic mass is 9.67. The van der Waals surface area contributed by atoms with Gasteiger partial charge in [-0.1, -0.05) is 62.9 Å². The second kappa shape index (κ2) is 5.48. The van der Waals surface area contributed by atoms with Crippen molar-refractivity contribution in [2.24, 2.45) is 5.41 Å². The Hall–Kier alpha value is -1.11. The monoisotopic (exact) mass is 230 g/mol. The first kappa shape index (κ1) is 12.3. The maximum atomic E-state index is 12.7. The molecule has 1 nitrogen and oxygen atoms in total. The molecule has 1 aliphatic rings. The van der Waals surface area contributed by atoms with Crippen LogP contribution in [0.1, 0.15) is 62.2 Å². The zero-order chi connectivity index (χ0) is 12.1. The molecule has 92 valence electrons. The van der Waals surface area contributed by atoms with Gasteiger partial charge in [0.15, 0.2) is 5.78 Å². The number of carbonyl (C=O) groups excluding carboxylic acids is 1. The number of carbonyl (C=O) groups is 1. The summed E-state index contributed by atoms with van der Waals surface area (Å²) >= 11 is 0. The summed E-state index contributed by atoms with van der Waals surface area (Å²) in [7, 11) is 0. The molecule has 2 rings (SSSR count). The normalized spacial score (nSPS) is 18.9. The Balaban J connectivity index is 2.24. The predicted octanol–water partition coefficient (Wildman–Crippen LogP) is 4.62. The lowest BCUT2D eigenvalue weighted by Gasteiger charge is -2.35. The van der Waals surface area contributed by atoms with E-state index in [2.05, 4.69) is 6.92 Å². The quantitative estimate of drug-likeness (QED) is 0.690. The van der Waals surface area contributed by atoms with Gasteiger partial charge < -0.3 is 0 Å². The molecule has 0 amide bonds. The summed E-state index contributed by atoms with van der Waals surface area (Å²) in [4.78, 5) is 12.7. The number of hydrogen-bond donors (Lipinski definition) is 0. The number of ketones is 1. The van der Waals surface area contributed by atoms with Gasteiger partial charge in [-0.25, -0.2) is 0 Å². The zero-order valence-electron chi connectivity index (χ0n) is 10.7. The highest BCUT2D eigenvalue weighted by Crippen LogP contribution is 2.42. The van der Waals surface area contributed by atoms with E-state index in [0.717, 1.165) is 31.2 Å². The summed E-state index contributed by atoms with van der Waals surface area (Å²) in [6, 6.07) is 9.85. The Kier molecular flexibility index (Phi) is 3.98. The van der Waals surface area contributed by atoms with E-state index in [0.29, 0.717) is 5.78 Å². The molecule has 1 aromatic carbocycles. The smallest absolute Gasteiger partial charge is 0.168 e. The van der Waals surface area contributed by atoms with Gasteiger partial charge in [0.2, 0.25) is 0 Å². The lowest BCUT2D eigenvalue weighted by molar-refractivity contribution is 0.0688. The van der Waals surface area contributed by atoms with Crippen LogP contribution in [-0.4, -0.2) is 5.78 Å². The standard InChI is InChI=1S/C16H22O/c1-2-11-16(12-7-4-8-13-16)15(17)14-9-5-3-6-10-14/h3,5-6,9-10H,2,4,7-8,11-13H2,1H3. The highest BCUT2D eigenvalue weighted by Gasteiger charge is 2.38. The minimum absolute atomic E-state index is 0.0473. The highest BCUT2D eigenvalue weighted by atomic mass is 16.1. The van der Waals surface area contributed by atoms with Crippen LogP contribution in [0.4, 0.5) is 0 Å². The fourth-order valence-corrected chi connectivity index (χ4v) is 3.19. The molecule has 0 aliphatic heterocycles. The second-order valence-electron chi connectivity index (χ2n) is 5.29.